The number of carboxylic acid groups (broad SMARTS) is 8. The van der Waals surface area contributed by atoms with Gasteiger partial charge in [0.25, 0.3) is 0 Å². The largest absolute Gasteiger partial charge is 0.481 e. The van der Waals surface area contributed by atoms with Crippen molar-refractivity contribution < 1.29 is 127 Å². The molecule has 1 saturated carbocycles. The third-order valence-electron chi connectivity index (χ3n) is 18.0. The van der Waals surface area contributed by atoms with Crippen molar-refractivity contribution >= 4 is 83.2 Å². The number of unbranched alkanes of at least 4 members (excludes halogenated alkanes) is 8. The van der Waals surface area contributed by atoms with Gasteiger partial charge in [0.2, 0.25) is 23.8 Å². The highest BCUT2D eigenvalue weighted by molar-refractivity contribution is 5.86. The highest BCUT2D eigenvalue weighted by Gasteiger charge is 2.40. The number of carbonyl (C=O) groups is 10. The summed E-state index contributed by atoms with van der Waals surface area (Å²) >= 11 is 0. The normalized spacial score (nSPS) is 14.7. The Balaban J connectivity index is 1.18. The zero-order valence-electron chi connectivity index (χ0n) is 65.0. The Bertz CT molecular complexity index is 3060. The SMILES string of the molecule is O=C(O)CCOCCOCCOCCOCCOCCOCCOCCOCCNc1nc(Nc2ccc(C3CC3CN(CCN(CCN(CCNCC(=O)O)CC(=O)O)CC(=O)O)CC(=O)O)cc2)nc(N2CCN(CCCCCCCCCCC(=O)NCCCC[C@H](NC(=O)N[C@@H](CCC(=O)O)C(=O)O)C(=O)O)CC2)n1. The van der Waals surface area contributed by atoms with Gasteiger partial charge in [-0.05, 0) is 81.0 Å². The summed E-state index contributed by atoms with van der Waals surface area (Å²) in [6.07, 6.45) is 9.29. The first kappa shape index (κ1) is 97.0. The Kier molecular flexibility index (Phi) is 51.7. The lowest BCUT2D eigenvalue weighted by Crippen LogP contribution is -2.51. The first-order chi connectivity index (χ1) is 54.5. The van der Waals surface area contributed by atoms with E-state index in [2.05, 4.69) is 41.7 Å². The minimum Gasteiger partial charge on any atom is -0.481 e. The van der Waals surface area contributed by atoms with Crippen LogP contribution in [0.25, 0.3) is 0 Å². The molecule has 1 aromatic carbocycles. The molecule has 0 radical (unpaired) electrons. The molecule has 40 heteroatoms. The zero-order valence-corrected chi connectivity index (χ0v) is 65.0. The monoisotopic (exact) mass is 1610 g/mol. The molecule has 113 heavy (non-hydrogen) atoms. The van der Waals surface area contributed by atoms with Crippen LogP contribution >= 0.6 is 0 Å². The quantitative estimate of drug-likeness (QED) is 0.0418. The van der Waals surface area contributed by atoms with E-state index in [1.165, 1.54) is 0 Å². The summed E-state index contributed by atoms with van der Waals surface area (Å²) in [6, 6.07) is 4.09. The Morgan fingerprint density at radius 1 is 0.442 bits per heavy atom. The lowest BCUT2D eigenvalue weighted by molar-refractivity contribution is -0.141. The Morgan fingerprint density at radius 2 is 0.912 bits per heavy atom. The van der Waals surface area contributed by atoms with Crippen molar-refractivity contribution in [2.75, 3.05) is 239 Å². The number of hydrogen-bond acceptors (Lipinski definition) is 29. The number of ether oxygens (including phenoxy) is 8. The molecule has 2 aromatic rings. The van der Waals surface area contributed by atoms with Gasteiger partial charge in [-0.15, -0.1) is 0 Å². The number of amides is 3. The predicted octanol–water partition coefficient (Wildman–Crippen LogP) is 1.56. The van der Waals surface area contributed by atoms with Crippen LogP contribution in [0.15, 0.2) is 24.3 Å². The number of urea groups is 1. The van der Waals surface area contributed by atoms with E-state index < -0.39 is 72.3 Å². The molecule has 640 valence electrons. The number of aliphatic carboxylic acids is 8. The number of nitrogens with one attached hydrogen (secondary N) is 6. The summed E-state index contributed by atoms with van der Waals surface area (Å²) in [5.41, 5.74) is 1.81. The van der Waals surface area contributed by atoms with E-state index in [1.54, 1.807) is 14.7 Å². The van der Waals surface area contributed by atoms with Gasteiger partial charge in [0.15, 0.2) is 0 Å². The molecule has 1 saturated heterocycles. The second-order valence-electron chi connectivity index (χ2n) is 27.2. The first-order valence-corrected chi connectivity index (χ1v) is 39.0. The second kappa shape index (κ2) is 60.2. The van der Waals surface area contributed by atoms with Gasteiger partial charge in [-0.1, -0.05) is 50.7 Å². The Morgan fingerprint density at radius 3 is 1.42 bits per heavy atom. The molecule has 1 aliphatic carbocycles. The van der Waals surface area contributed by atoms with Crippen molar-refractivity contribution in [3.05, 3.63) is 29.8 Å². The van der Waals surface area contributed by atoms with Crippen LogP contribution < -0.4 is 36.8 Å². The maximum atomic E-state index is 12.5. The molecule has 40 nitrogen and oxygen atoms in total. The number of benzene rings is 1. The lowest BCUT2D eigenvalue weighted by Gasteiger charge is -2.34. The van der Waals surface area contributed by atoms with Crippen LogP contribution in [-0.4, -0.2) is 371 Å². The number of anilines is 4. The van der Waals surface area contributed by atoms with Crippen molar-refractivity contribution in [3.8, 4) is 0 Å². The van der Waals surface area contributed by atoms with Gasteiger partial charge in [0.05, 0.1) is 138 Å². The van der Waals surface area contributed by atoms with Gasteiger partial charge in [-0.3, -0.25) is 53.2 Å². The number of rotatable bonds is 74. The molecule has 0 spiro atoms. The third kappa shape index (κ3) is 49.8. The van der Waals surface area contributed by atoms with Gasteiger partial charge >= 0.3 is 53.8 Å². The number of hydrogen-bond donors (Lipinski definition) is 14. The Labute approximate surface area is 658 Å². The molecule has 1 aliphatic heterocycles. The predicted molar refractivity (Wildman–Crippen MR) is 409 cm³/mol. The number of carbonyl (C=O) groups excluding carboxylic acids is 2. The molecule has 2 aliphatic rings. The highest BCUT2D eigenvalue weighted by Crippen LogP contribution is 2.48. The van der Waals surface area contributed by atoms with Gasteiger partial charge in [-0.2, -0.15) is 15.0 Å². The van der Waals surface area contributed by atoms with Crippen LogP contribution in [0.3, 0.4) is 0 Å². The fourth-order valence-corrected chi connectivity index (χ4v) is 11.9. The maximum Gasteiger partial charge on any atom is 0.326 e. The molecule has 2 unspecified atom stereocenters. The topological polar surface area (TPSA) is 533 Å². The summed E-state index contributed by atoms with van der Waals surface area (Å²) in [6.45, 7) is 11.3. The van der Waals surface area contributed by atoms with E-state index in [9.17, 15) is 73.5 Å². The summed E-state index contributed by atoms with van der Waals surface area (Å²) in [7, 11) is 0. The Hall–Kier alpha value is -8.39. The fourth-order valence-electron chi connectivity index (χ4n) is 11.9. The summed E-state index contributed by atoms with van der Waals surface area (Å²) in [5.74, 6) is -7.72. The first-order valence-electron chi connectivity index (χ1n) is 39.0. The van der Waals surface area contributed by atoms with E-state index in [0.29, 0.717) is 169 Å². The van der Waals surface area contributed by atoms with E-state index in [-0.39, 0.29) is 109 Å². The minimum atomic E-state index is -1.50. The average Bonchev–Trinajstić information content (AvgIpc) is 1.66. The molecular formula is C73H122N14O26. The molecule has 2 fully saturated rings. The molecule has 4 rings (SSSR count). The maximum absolute atomic E-state index is 12.5. The summed E-state index contributed by atoms with van der Waals surface area (Å²) in [5, 5.41) is 90.8. The summed E-state index contributed by atoms with van der Waals surface area (Å²) in [4.78, 5) is 140. The van der Waals surface area contributed by atoms with Crippen LogP contribution in [0.5, 0.6) is 0 Å². The van der Waals surface area contributed by atoms with Crippen LogP contribution in [-0.2, 0) is 81.0 Å². The van der Waals surface area contributed by atoms with Gasteiger partial charge < -0.3 is 116 Å². The molecule has 3 amide bonds. The molecule has 2 heterocycles. The molecule has 4 atom stereocenters. The van der Waals surface area contributed by atoms with Crippen molar-refractivity contribution in [1.82, 2.24) is 55.8 Å². The highest BCUT2D eigenvalue weighted by atomic mass is 16.6. The fraction of sp³-hybridized carbons (Fsp3) is 0.740. The zero-order chi connectivity index (χ0) is 82.1. The van der Waals surface area contributed by atoms with Crippen LogP contribution in [0.1, 0.15) is 114 Å². The minimum absolute atomic E-state index is 0.0385. The van der Waals surface area contributed by atoms with Crippen molar-refractivity contribution in [2.45, 2.75) is 121 Å². The number of nitrogens with zero attached hydrogens (tertiary/aromatic N) is 8. The van der Waals surface area contributed by atoms with Gasteiger partial charge in [-0.25, -0.2) is 14.4 Å². The number of aromatic nitrogens is 3. The molecule has 14 N–H and O–H groups in total. The van der Waals surface area contributed by atoms with E-state index in [4.69, 9.17) is 68.2 Å². The van der Waals surface area contributed by atoms with Gasteiger partial charge in [0, 0.05) is 104 Å². The number of piperazine rings is 1. The van der Waals surface area contributed by atoms with Crippen LogP contribution in [0, 0.1) is 5.92 Å². The van der Waals surface area contributed by atoms with Crippen molar-refractivity contribution in [1.29, 1.82) is 0 Å². The second-order valence-corrected chi connectivity index (χ2v) is 27.2. The molecular weight excluding hydrogens is 1490 g/mol. The van der Waals surface area contributed by atoms with Gasteiger partial charge in [0.1, 0.15) is 12.1 Å². The van der Waals surface area contributed by atoms with E-state index in [0.717, 1.165) is 88.7 Å². The van der Waals surface area contributed by atoms with Crippen LogP contribution in [0.2, 0.25) is 0 Å². The molecule has 1 aromatic heterocycles. The summed E-state index contributed by atoms with van der Waals surface area (Å²) < 4.78 is 44.2. The van der Waals surface area contributed by atoms with Crippen LogP contribution in [0.4, 0.5) is 28.3 Å². The van der Waals surface area contributed by atoms with Crippen molar-refractivity contribution in [3.63, 3.8) is 0 Å². The molecule has 0 bridgehead atoms. The average molecular weight is 1610 g/mol. The standard InChI is InChI=1S/C73H122N14O26/c88-61(75-20-9-8-11-59(68(101)102)78-73(105)79-60(69(103)104)17-18-62(89)90)12-7-5-3-1-2-4-6-10-23-83-29-31-87(32-30-83)72-81-70(76-22-34-107-36-38-109-40-42-111-44-46-113-48-47-112-45-43-110-41-39-108-37-35-106-33-19-63(91)92)80-71(82-72)77-57-15-13-55(14-16-57)58-49-56(58)51-86(54-67(99)100)28-27-85(53-66(97)98)26-25-84(52-65(95)96)24-21-74-50-64(93)94/h13-16,56,58-60,74H,1-12,17-54H2,(H,75,88)(H,89,90)(H,91,92)(H,93,94)(H,95,96)(H,97,98)(H,99,100)(H,101,102)(H,103,104)(H2,78,79,105)(H2,76,77,80,81,82)/t56?,58?,59-,60-/m0/s1. The van der Waals surface area contributed by atoms with E-state index >= 15 is 0 Å². The lowest BCUT2D eigenvalue weighted by atomic mass is 10.1. The third-order valence-corrected chi connectivity index (χ3v) is 18.0. The van der Waals surface area contributed by atoms with Crippen molar-refractivity contribution in [2.24, 2.45) is 5.92 Å². The number of carboxylic acids is 8. The smallest absolute Gasteiger partial charge is 0.326 e. The van der Waals surface area contributed by atoms with E-state index in [1.807, 2.05) is 24.3 Å².